The van der Waals surface area contributed by atoms with Gasteiger partial charge in [0.05, 0.1) is 19.1 Å². The molecule has 0 bridgehead atoms. The molecule has 8 heteroatoms. The van der Waals surface area contributed by atoms with Gasteiger partial charge in [-0.05, 0) is 59.2 Å². The number of fused-ring (bicyclic) bond motifs is 2. The van der Waals surface area contributed by atoms with E-state index in [1.807, 2.05) is 36.4 Å². The van der Waals surface area contributed by atoms with Crippen LogP contribution in [0, 0.1) is 5.82 Å². The molecular weight excluding hydrogens is 511 g/mol. The minimum Gasteiger partial charge on any atom is -0.497 e. The van der Waals surface area contributed by atoms with Gasteiger partial charge in [0.2, 0.25) is 5.91 Å². The summed E-state index contributed by atoms with van der Waals surface area (Å²) in [6.07, 6.45) is 0. The predicted molar refractivity (Wildman–Crippen MR) is 147 cm³/mol. The van der Waals surface area contributed by atoms with Crippen molar-refractivity contribution in [3.63, 3.8) is 0 Å². The van der Waals surface area contributed by atoms with Gasteiger partial charge in [-0.2, -0.15) is 0 Å². The van der Waals surface area contributed by atoms with Gasteiger partial charge in [-0.25, -0.2) is 4.39 Å². The molecule has 2 aliphatic rings. The summed E-state index contributed by atoms with van der Waals surface area (Å²) in [5.74, 6) is 0.269. The molecular formula is C32H27FN2O5. The van der Waals surface area contributed by atoms with Gasteiger partial charge >= 0.3 is 0 Å². The number of carbonyl (C=O) groups excluding carboxylic acids is 2. The monoisotopic (exact) mass is 538 g/mol. The van der Waals surface area contributed by atoms with Gasteiger partial charge in [-0.1, -0.05) is 42.5 Å². The quantitative estimate of drug-likeness (QED) is 0.340. The number of nitrogens with zero attached hydrogens (tertiary/aromatic N) is 1. The van der Waals surface area contributed by atoms with Crippen molar-refractivity contribution in [2.45, 2.75) is 18.5 Å². The van der Waals surface area contributed by atoms with Gasteiger partial charge in [0, 0.05) is 23.9 Å². The second-order valence-corrected chi connectivity index (χ2v) is 9.69. The van der Waals surface area contributed by atoms with E-state index in [1.54, 1.807) is 54.5 Å². The number of methoxy groups -OCH3 is 1. The number of amides is 2. The van der Waals surface area contributed by atoms with Crippen LogP contribution in [0.4, 0.5) is 10.1 Å². The van der Waals surface area contributed by atoms with Crippen molar-refractivity contribution in [1.29, 1.82) is 0 Å². The summed E-state index contributed by atoms with van der Waals surface area (Å²) < 4.78 is 30.3. The van der Waals surface area contributed by atoms with Crippen LogP contribution >= 0.6 is 0 Å². The van der Waals surface area contributed by atoms with Crippen molar-refractivity contribution in [3.05, 3.63) is 119 Å². The Morgan fingerprint density at radius 3 is 2.42 bits per heavy atom. The van der Waals surface area contributed by atoms with Crippen molar-refractivity contribution >= 4 is 17.5 Å². The zero-order chi connectivity index (χ0) is 27.6. The van der Waals surface area contributed by atoms with Crippen molar-refractivity contribution in [1.82, 2.24) is 4.90 Å². The average Bonchev–Trinajstić information content (AvgIpc) is 2.99. The summed E-state index contributed by atoms with van der Waals surface area (Å²) in [4.78, 5) is 29.8. The topological polar surface area (TPSA) is 77.1 Å². The van der Waals surface area contributed by atoms with E-state index in [0.717, 1.165) is 11.1 Å². The first-order valence-corrected chi connectivity index (χ1v) is 13.0. The Kier molecular flexibility index (Phi) is 6.82. The predicted octanol–water partition coefficient (Wildman–Crippen LogP) is 5.73. The average molecular weight is 539 g/mol. The first-order chi connectivity index (χ1) is 19.5. The third-order valence-electron chi connectivity index (χ3n) is 7.25. The summed E-state index contributed by atoms with van der Waals surface area (Å²) in [6.45, 7) is 1.09. The fourth-order valence-electron chi connectivity index (χ4n) is 5.35. The van der Waals surface area contributed by atoms with Gasteiger partial charge in [0.15, 0.2) is 11.5 Å². The van der Waals surface area contributed by atoms with Gasteiger partial charge in [0.1, 0.15) is 24.8 Å². The normalized spacial score (nSPS) is 17.6. The molecule has 0 spiro atoms. The molecule has 2 atom stereocenters. The number of hydrogen-bond acceptors (Lipinski definition) is 5. The first kappa shape index (κ1) is 25.4. The summed E-state index contributed by atoms with van der Waals surface area (Å²) in [7, 11) is 1.58. The summed E-state index contributed by atoms with van der Waals surface area (Å²) in [6, 6.07) is 25.2. The van der Waals surface area contributed by atoms with E-state index < -0.39 is 12.0 Å². The number of carbonyl (C=O) groups is 2. The molecule has 40 heavy (non-hydrogen) atoms. The standard InChI is InChI=1S/C32H27FN2O5/c1-38-24-13-8-21(9-14-24)30-29(31(36)34-23-12-15-27-28(18-23)40-17-16-39-27)25-4-2-3-5-26(25)32(37)35(30)19-20-6-10-22(33)11-7-20/h2-15,18,29-30H,16-17,19H2,1H3,(H,34,36). The Morgan fingerprint density at radius 2 is 1.68 bits per heavy atom. The van der Waals surface area contributed by atoms with Crippen LogP contribution in [0.15, 0.2) is 91.0 Å². The maximum absolute atomic E-state index is 14.2. The molecule has 0 aromatic heterocycles. The van der Waals surface area contributed by atoms with Crippen molar-refractivity contribution in [2.24, 2.45) is 0 Å². The lowest BCUT2D eigenvalue weighted by Gasteiger charge is -2.42. The molecule has 6 rings (SSSR count). The zero-order valence-electron chi connectivity index (χ0n) is 21.8. The van der Waals surface area contributed by atoms with E-state index in [9.17, 15) is 14.0 Å². The highest BCUT2D eigenvalue weighted by molar-refractivity contribution is 6.04. The van der Waals surface area contributed by atoms with E-state index in [2.05, 4.69) is 5.32 Å². The Bertz CT molecular complexity index is 1550. The molecule has 2 unspecified atom stereocenters. The second kappa shape index (κ2) is 10.7. The zero-order valence-corrected chi connectivity index (χ0v) is 21.8. The van der Waals surface area contributed by atoms with E-state index in [0.29, 0.717) is 47.3 Å². The van der Waals surface area contributed by atoms with E-state index in [4.69, 9.17) is 14.2 Å². The van der Waals surface area contributed by atoms with E-state index in [1.165, 1.54) is 12.1 Å². The Hall–Kier alpha value is -4.85. The fourth-order valence-corrected chi connectivity index (χ4v) is 5.35. The number of ether oxygens (including phenoxy) is 3. The Morgan fingerprint density at radius 1 is 0.950 bits per heavy atom. The van der Waals surface area contributed by atoms with Crippen LogP contribution in [-0.4, -0.2) is 37.0 Å². The van der Waals surface area contributed by atoms with Gasteiger partial charge < -0.3 is 24.4 Å². The lowest BCUT2D eigenvalue weighted by Crippen LogP contribution is -2.45. The minimum atomic E-state index is -0.740. The summed E-state index contributed by atoms with van der Waals surface area (Å²) >= 11 is 0. The molecule has 4 aromatic rings. The van der Waals surface area contributed by atoms with E-state index >= 15 is 0 Å². The highest BCUT2D eigenvalue weighted by atomic mass is 19.1. The number of hydrogen-bond donors (Lipinski definition) is 1. The Labute approximate surface area is 231 Å². The van der Waals surface area contributed by atoms with Crippen LogP contribution in [0.5, 0.6) is 17.2 Å². The molecule has 4 aromatic carbocycles. The largest absolute Gasteiger partial charge is 0.497 e. The lowest BCUT2D eigenvalue weighted by molar-refractivity contribution is -0.119. The number of halogens is 1. The number of benzene rings is 4. The van der Waals surface area contributed by atoms with Crippen LogP contribution in [0.1, 0.15) is 39.0 Å². The molecule has 2 heterocycles. The van der Waals surface area contributed by atoms with Crippen LogP contribution in [0.25, 0.3) is 0 Å². The SMILES string of the molecule is COc1ccc(C2C(C(=O)Nc3ccc4c(c3)OCCO4)c3ccccc3C(=O)N2Cc2ccc(F)cc2)cc1. The maximum atomic E-state index is 14.2. The second-order valence-electron chi connectivity index (χ2n) is 9.69. The smallest absolute Gasteiger partial charge is 0.255 e. The van der Waals surface area contributed by atoms with Crippen molar-refractivity contribution in [3.8, 4) is 17.2 Å². The molecule has 7 nitrogen and oxygen atoms in total. The third-order valence-corrected chi connectivity index (χ3v) is 7.25. The fraction of sp³-hybridized carbons (Fsp3) is 0.188. The van der Waals surface area contributed by atoms with Crippen molar-refractivity contribution in [2.75, 3.05) is 25.6 Å². The Balaban J connectivity index is 1.43. The molecule has 1 N–H and O–H groups in total. The van der Waals surface area contributed by atoms with Crippen LogP contribution in [0.2, 0.25) is 0 Å². The van der Waals surface area contributed by atoms with E-state index in [-0.39, 0.29) is 24.2 Å². The molecule has 0 aliphatic carbocycles. The molecule has 0 fully saturated rings. The lowest BCUT2D eigenvalue weighted by atomic mass is 9.79. The number of nitrogens with one attached hydrogen (secondary N) is 1. The minimum absolute atomic E-state index is 0.192. The van der Waals surface area contributed by atoms with Gasteiger partial charge in [-0.3, -0.25) is 9.59 Å². The summed E-state index contributed by atoms with van der Waals surface area (Å²) in [5, 5.41) is 3.04. The maximum Gasteiger partial charge on any atom is 0.255 e. The van der Waals surface area contributed by atoms with Crippen LogP contribution in [-0.2, 0) is 11.3 Å². The van der Waals surface area contributed by atoms with Crippen LogP contribution in [0.3, 0.4) is 0 Å². The highest BCUT2D eigenvalue weighted by Gasteiger charge is 2.44. The molecule has 0 saturated carbocycles. The molecule has 0 radical (unpaired) electrons. The number of anilines is 1. The molecule has 202 valence electrons. The summed E-state index contributed by atoms with van der Waals surface area (Å²) in [5.41, 5.74) is 3.17. The van der Waals surface area contributed by atoms with Crippen LogP contribution < -0.4 is 19.5 Å². The van der Waals surface area contributed by atoms with Gasteiger partial charge in [-0.15, -0.1) is 0 Å². The highest BCUT2D eigenvalue weighted by Crippen LogP contribution is 2.44. The molecule has 2 amide bonds. The number of rotatable bonds is 6. The van der Waals surface area contributed by atoms with Crippen molar-refractivity contribution < 1.29 is 28.2 Å². The molecule has 2 aliphatic heterocycles. The third kappa shape index (κ3) is 4.84. The first-order valence-electron chi connectivity index (χ1n) is 13.0. The molecule has 0 saturated heterocycles. The van der Waals surface area contributed by atoms with Gasteiger partial charge in [0.25, 0.3) is 5.91 Å².